The number of guanidine groups is 1. The predicted octanol–water partition coefficient (Wildman–Crippen LogP) is 0.0708. The highest BCUT2D eigenvalue weighted by Gasteiger charge is 2.40. The number of rotatable bonds is 8. The van der Waals surface area contributed by atoms with Gasteiger partial charge in [0.05, 0.1) is 0 Å². The molecule has 2 aliphatic heterocycles. The molecule has 2 aromatic rings. The van der Waals surface area contributed by atoms with Crippen molar-refractivity contribution in [1.82, 2.24) is 25.5 Å². The number of hydrogen-bond donors (Lipinski definition) is 6. The van der Waals surface area contributed by atoms with Gasteiger partial charge in [0.2, 0.25) is 5.91 Å². The molecule has 0 unspecified atom stereocenters. The molecule has 0 spiro atoms. The van der Waals surface area contributed by atoms with E-state index in [2.05, 4.69) is 54.8 Å². The number of aliphatic imine (C=N–C) groups is 1. The molecule has 2 fully saturated rings. The summed E-state index contributed by atoms with van der Waals surface area (Å²) >= 11 is 0. The number of fused-ring (bicyclic) bond motifs is 2. The molecule has 12 nitrogen and oxygen atoms in total. The topological polar surface area (TPSA) is 198 Å². The van der Waals surface area contributed by atoms with Crippen LogP contribution >= 0.6 is 0 Å². The Morgan fingerprint density at radius 2 is 1.81 bits per heavy atom. The molecule has 3 heterocycles. The third kappa shape index (κ3) is 6.19. The first-order valence-corrected chi connectivity index (χ1v) is 12.2. The summed E-state index contributed by atoms with van der Waals surface area (Å²) in [7, 11) is 0. The summed E-state index contributed by atoms with van der Waals surface area (Å²) in [6.07, 6.45) is 5.08. The van der Waals surface area contributed by atoms with E-state index in [0.29, 0.717) is 24.9 Å². The molecule has 2 saturated heterocycles. The van der Waals surface area contributed by atoms with E-state index in [4.69, 9.17) is 17.2 Å². The molecule has 1 aromatic carbocycles. The Kier molecular flexibility index (Phi) is 7.84. The Morgan fingerprint density at radius 3 is 2.50 bits per heavy atom. The van der Waals surface area contributed by atoms with Gasteiger partial charge in [0.15, 0.2) is 23.3 Å². The van der Waals surface area contributed by atoms with Crippen molar-refractivity contribution in [2.24, 2.45) is 10.7 Å². The van der Waals surface area contributed by atoms with Gasteiger partial charge in [-0.2, -0.15) is 0 Å². The molecule has 36 heavy (non-hydrogen) atoms. The van der Waals surface area contributed by atoms with Crippen molar-refractivity contribution in [2.75, 3.05) is 18.0 Å². The van der Waals surface area contributed by atoms with Gasteiger partial charge in [-0.25, -0.2) is 4.98 Å². The van der Waals surface area contributed by atoms with Crippen LogP contribution in [0.2, 0.25) is 0 Å². The lowest BCUT2D eigenvalue weighted by molar-refractivity contribution is -0.122. The van der Waals surface area contributed by atoms with Crippen LogP contribution in [0.5, 0.6) is 0 Å². The van der Waals surface area contributed by atoms with E-state index in [9.17, 15) is 14.4 Å². The SMILES string of the molecule is NC(=NCCCC(=O)NC1C[C@H]2CC[C@H](C1)N2Cc1ccccc1)NC(=O)c1[nH]c(=O)c(N)nc1N. The summed E-state index contributed by atoms with van der Waals surface area (Å²) in [5.41, 5.74) is 17.0. The van der Waals surface area contributed by atoms with E-state index in [-0.39, 0.29) is 41.8 Å². The monoisotopic (exact) mass is 495 g/mol. The smallest absolute Gasteiger partial charge is 0.291 e. The van der Waals surface area contributed by atoms with Crippen LogP contribution in [-0.2, 0) is 11.3 Å². The van der Waals surface area contributed by atoms with Gasteiger partial charge in [0.25, 0.3) is 11.5 Å². The van der Waals surface area contributed by atoms with Crippen molar-refractivity contribution in [3.8, 4) is 0 Å². The maximum atomic E-state index is 12.5. The van der Waals surface area contributed by atoms with E-state index in [1.54, 1.807) is 0 Å². The largest absolute Gasteiger partial charge is 0.382 e. The van der Waals surface area contributed by atoms with Crippen molar-refractivity contribution in [2.45, 2.75) is 63.2 Å². The number of amides is 2. The van der Waals surface area contributed by atoms with Gasteiger partial charge in [0, 0.05) is 37.6 Å². The van der Waals surface area contributed by atoms with Crippen LogP contribution < -0.4 is 33.4 Å². The second kappa shape index (κ2) is 11.2. The zero-order chi connectivity index (χ0) is 25.7. The number of benzene rings is 1. The molecule has 1 aromatic heterocycles. The number of anilines is 2. The zero-order valence-electron chi connectivity index (χ0n) is 20.1. The van der Waals surface area contributed by atoms with E-state index >= 15 is 0 Å². The number of nitrogens with zero attached hydrogens (tertiary/aromatic N) is 3. The van der Waals surface area contributed by atoms with Gasteiger partial charge in [-0.3, -0.25) is 29.6 Å². The molecule has 2 bridgehead atoms. The molecule has 0 aliphatic carbocycles. The molecule has 9 N–H and O–H groups in total. The maximum absolute atomic E-state index is 12.5. The summed E-state index contributed by atoms with van der Waals surface area (Å²) in [4.78, 5) is 48.7. The minimum Gasteiger partial charge on any atom is -0.382 e. The first-order valence-electron chi connectivity index (χ1n) is 12.2. The van der Waals surface area contributed by atoms with Gasteiger partial charge in [-0.15, -0.1) is 0 Å². The second-order valence-corrected chi connectivity index (χ2v) is 9.31. The molecule has 12 heteroatoms. The lowest BCUT2D eigenvalue weighted by Gasteiger charge is -2.39. The third-order valence-electron chi connectivity index (χ3n) is 6.74. The van der Waals surface area contributed by atoms with Gasteiger partial charge in [-0.05, 0) is 37.7 Å². The quantitative estimate of drug-likeness (QED) is 0.168. The highest BCUT2D eigenvalue weighted by molar-refractivity contribution is 6.06. The predicted molar refractivity (Wildman–Crippen MR) is 137 cm³/mol. The second-order valence-electron chi connectivity index (χ2n) is 9.31. The fourth-order valence-electron chi connectivity index (χ4n) is 5.05. The summed E-state index contributed by atoms with van der Waals surface area (Å²) in [6.45, 7) is 1.22. The lowest BCUT2D eigenvalue weighted by atomic mass is 9.96. The molecule has 2 atom stereocenters. The molecule has 0 radical (unpaired) electrons. The number of H-pyrrole nitrogens is 1. The average molecular weight is 496 g/mol. The van der Waals surface area contributed by atoms with Crippen molar-refractivity contribution in [3.63, 3.8) is 0 Å². The zero-order valence-corrected chi connectivity index (χ0v) is 20.1. The molecule has 4 rings (SSSR count). The third-order valence-corrected chi connectivity index (χ3v) is 6.74. The number of hydrogen-bond acceptors (Lipinski definition) is 8. The Balaban J connectivity index is 1.18. The number of piperidine rings is 1. The van der Waals surface area contributed by atoms with Crippen LogP contribution in [0.1, 0.15) is 54.6 Å². The van der Waals surface area contributed by atoms with Crippen molar-refractivity contribution in [1.29, 1.82) is 0 Å². The van der Waals surface area contributed by atoms with Crippen molar-refractivity contribution in [3.05, 3.63) is 51.9 Å². The Hall–Kier alpha value is -3.93. The number of aromatic amines is 1. The summed E-state index contributed by atoms with van der Waals surface area (Å²) in [5, 5.41) is 5.51. The normalized spacial score (nSPS) is 21.8. The van der Waals surface area contributed by atoms with Gasteiger partial charge in [-0.1, -0.05) is 30.3 Å². The summed E-state index contributed by atoms with van der Waals surface area (Å²) in [5.74, 6) is -1.49. The van der Waals surface area contributed by atoms with Crippen LogP contribution in [-0.4, -0.2) is 57.3 Å². The number of nitrogen functional groups attached to an aromatic ring is 2. The number of nitrogens with two attached hydrogens (primary N) is 3. The number of carbonyl (C=O) groups is 2. The standard InChI is InChI=1S/C24H33N9O3/c25-20-19(30-23(36)21(26)31-20)22(35)32-24(27)28-10-4-7-18(34)29-15-11-16-8-9-17(12-15)33(16)13-14-5-2-1-3-6-14/h1-3,5-6,15-17H,4,7-13H2,(H,29,34)(H,30,36)(H4,25,26,31)(H3,27,28,32,35)/t16-,17-/m1/s1. The van der Waals surface area contributed by atoms with Crippen LogP contribution in [0.25, 0.3) is 0 Å². The van der Waals surface area contributed by atoms with Gasteiger partial charge < -0.3 is 27.5 Å². The molecule has 0 saturated carbocycles. The minimum atomic E-state index is -0.760. The fraction of sp³-hybridized carbons (Fsp3) is 0.458. The molecule has 2 aliphatic rings. The summed E-state index contributed by atoms with van der Waals surface area (Å²) in [6, 6.07) is 11.7. The van der Waals surface area contributed by atoms with E-state index in [1.165, 1.54) is 18.4 Å². The highest BCUT2D eigenvalue weighted by atomic mass is 16.2. The van der Waals surface area contributed by atoms with E-state index in [0.717, 1.165) is 19.4 Å². The average Bonchev–Trinajstić information content (AvgIpc) is 3.07. The minimum absolute atomic E-state index is 0.00739. The molecular weight excluding hydrogens is 462 g/mol. The van der Waals surface area contributed by atoms with Crippen LogP contribution in [0.4, 0.5) is 11.6 Å². The summed E-state index contributed by atoms with van der Waals surface area (Å²) < 4.78 is 0. The van der Waals surface area contributed by atoms with Crippen molar-refractivity contribution < 1.29 is 9.59 Å². The first kappa shape index (κ1) is 25.2. The van der Waals surface area contributed by atoms with Gasteiger partial charge >= 0.3 is 0 Å². The lowest BCUT2D eigenvalue weighted by Crippen LogP contribution is -2.49. The maximum Gasteiger partial charge on any atom is 0.291 e. The van der Waals surface area contributed by atoms with Crippen LogP contribution in [0.15, 0.2) is 40.1 Å². The Labute approximate surface area is 208 Å². The number of nitrogens with one attached hydrogen (secondary N) is 3. The van der Waals surface area contributed by atoms with Crippen molar-refractivity contribution >= 4 is 29.4 Å². The molecular formula is C24H33N9O3. The first-order chi connectivity index (χ1) is 17.3. The fourth-order valence-corrected chi connectivity index (χ4v) is 5.05. The molecule has 192 valence electrons. The number of aromatic nitrogens is 2. The van der Waals surface area contributed by atoms with Crippen LogP contribution in [0.3, 0.4) is 0 Å². The van der Waals surface area contributed by atoms with Gasteiger partial charge in [0.1, 0.15) is 0 Å². The number of carbonyl (C=O) groups excluding carboxylic acids is 2. The Bertz CT molecular complexity index is 1170. The van der Waals surface area contributed by atoms with E-state index in [1.807, 2.05) is 6.07 Å². The van der Waals surface area contributed by atoms with Crippen LogP contribution in [0, 0.1) is 0 Å². The van der Waals surface area contributed by atoms with E-state index < -0.39 is 11.5 Å². The highest BCUT2D eigenvalue weighted by Crippen LogP contribution is 2.36. The Morgan fingerprint density at radius 1 is 1.11 bits per heavy atom. The molecule has 2 amide bonds.